The first-order valence-electron chi connectivity index (χ1n) is 9.35. The molecule has 1 aromatic heterocycles. The molecule has 5 nitrogen and oxygen atoms in total. The lowest BCUT2D eigenvalue weighted by Gasteiger charge is -2.32. The normalized spacial score (nSPS) is 25.2. The van der Waals surface area contributed by atoms with Crippen LogP contribution in [-0.2, 0) is 14.0 Å². The van der Waals surface area contributed by atoms with Crippen molar-refractivity contribution in [2.24, 2.45) is 0 Å². The monoisotopic (exact) mass is 376 g/mol. The van der Waals surface area contributed by atoms with Crippen LogP contribution in [0.5, 0.6) is 0 Å². The van der Waals surface area contributed by atoms with E-state index >= 15 is 0 Å². The Hall–Kier alpha value is -1.08. The van der Waals surface area contributed by atoms with Crippen molar-refractivity contribution >= 4 is 35.1 Å². The van der Waals surface area contributed by atoms with E-state index in [-0.39, 0.29) is 6.23 Å². The zero-order valence-corrected chi connectivity index (χ0v) is 16.9. The summed E-state index contributed by atoms with van der Waals surface area (Å²) in [4.78, 5) is 0. The van der Waals surface area contributed by atoms with Gasteiger partial charge in [-0.3, -0.25) is 0 Å². The SMILES string of the molecule is Cc1c(Cl)cc2c(cnn2C2CCCCO2)c1B1OC(C)(C)C(C)(C)O1. The summed E-state index contributed by atoms with van der Waals surface area (Å²) in [7, 11) is -0.467. The molecule has 2 fully saturated rings. The number of halogens is 1. The molecule has 2 saturated heterocycles. The molecule has 4 rings (SSSR count). The van der Waals surface area contributed by atoms with Gasteiger partial charge in [-0.05, 0) is 71.0 Å². The molecule has 2 aliphatic heterocycles. The van der Waals surface area contributed by atoms with Gasteiger partial charge in [0.2, 0.25) is 0 Å². The fourth-order valence-corrected chi connectivity index (χ4v) is 3.90. The highest BCUT2D eigenvalue weighted by Crippen LogP contribution is 2.38. The standard InChI is InChI=1S/C19H26BClN2O3/c1-12-14(21)10-15-13(11-22-23(15)16-8-6-7-9-24-16)17(12)20-25-18(2,3)19(4,5)26-20/h10-11,16H,6-9H2,1-5H3. The number of hydrogen-bond donors (Lipinski definition) is 0. The van der Waals surface area contributed by atoms with E-state index in [4.69, 9.17) is 25.6 Å². The molecule has 0 spiro atoms. The van der Waals surface area contributed by atoms with Crippen LogP contribution < -0.4 is 5.46 Å². The summed E-state index contributed by atoms with van der Waals surface area (Å²) >= 11 is 6.59. The van der Waals surface area contributed by atoms with Crippen molar-refractivity contribution in [3.05, 3.63) is 22.8 Å². The summed E-state index contributed by atoms with van der Waals surface area (Å²) in [5.41, 5.74) is 2.11. The van der Waals surface area contributed by atoms with Crippen molar-refractivity contribution in [3.63, 3.8) is 0 Å². The minimum absolute atomic E-state index is 0.0360. The van der Waals surface area contributed by atoms with Crippen LogP contribution in [-0.4, -0.2) is 34.7 Å². The molecule has 0 aliphatic carbocycles. The summed E-state index contributed by atoms with van der Waals surface area (Å²) in [6.07, 6.45) is 5.07. The van der Waals surface area contributed by atoms with E-state index in [2.05, 4.69) is 32.8 Å². The predicted octanol–water partition coefficient (Wildman–Crippen LogP) is 4.00. The van der Waals surface area contributed by atoms with Crippen molar-refractivity contribution in [1.82, 2.24) is 9.78 Å². The Labute approximate surface area is 160 Å². The molecule has 2 aliphatic rings. The summed E-state index contributed by atoms with van der Waals surface area (Å²) in [5.74, 6) is 0. The van der Waals surface area contributed by atoms with Crippen LogP contribution in [0.2, 0.25) is 5.02 Å². The van der Waals surface area contributed by atoms with E-state index in [9.17, 15) is 0 Å². The van der Waals surface area contributed by atoms with Crippen LogP contribution in [0.4, 0.5) is 0 Å². The molecule has 3 heterocycles. The first-order valence-corrected chi connectivity index (χ1v) is 9.72. The molecule has 1 unspecified atom stereocenters. The second-order valence-electron chi connectivity index (χ2n) is 8.33. The maximum atomic E-state index is 6.59. The van der Waals surface area contributed by atoms with Crippen LogP contribution in [0.3, 0.4) is 0 Å². The molecule has 2 aromatic rings. The molecular formula is C19H26BClN2O3. The third kappa shape index (κ3) is 2.78. The van der Waals surface area contributed by atoms with E-state index < -0.39 is 18.3 Å². The zero-order valence-electron chi connectivity index (χ0n) is 16.1. The quantitative estimate of drug-likeness (QED) is 0.743. The Balaban J connectivity index is 1.82. The summed E-state index contributed by atoms with van der Waals surface area (Å²) < 4.78 is 20.5. The first kappa shape index (κ1) is 18.3. The highest BCUT2D eigenvalue weighted by molar-refractivity contribution is 6.66. The molecule has 0 amide bonds. The molecule has 1 atom stereocenters. The molecule has 1 aromatic carbocycles. The molecule has 0 radical (unpaired) electrons. The highest BCUT2D eigenvalue weighted by atomic mass is 35.5. The van der Waals surface area contributed by atoms with Gasteiger partial charge in [-0.15, -0.1) is 0 Å². The summed E-state index contributed by atoms with van der Waals surface area (Å²) in [6.45, 7) is 11.0. The van der Waals surface area contributed by atoms with Crippen molar-refractivity contribution < 1.29 is 14.0 Å². The maximum absolute atomic E-state index is 6.59. The number of aromatic nitrogens is 2. The average Bonchev–Trinajstić information content (AvgIpc) is 3.07. The molecule has 0 bridgehead atoms. The van der Waals surface area contributed by atoms with E-state index in [1.54, 1.807) is 0 Å². The van der Waals surface area contributed by atoms with Gasteiger partial charge in [-0.2, -0.15) is 5.10 Å². The minimum Gasteiger partial charge on any atom is -0.399 e. The van der Waals surface area contributed by atoms with Gasteiger partial charge in [0.15, 0.2) is 6.23 Å². The third-order valence-electron chi connectivity index (χ3n) is 6.07. The number of ether oxygens (including phenoxy) is 1. The third-order valence-corrected chi connectivity index (χ3v) is 6.46. The lowest BCUT2D eigenvalue weighted by atomic mass is 9.74. The van der Waals surface area contributed by atoms with Gasteiger partial charge in [0, 0.05) is 17.0 Å². The van der Waals surface area contributed by atoms with Gasteiger partial charge in [0.1, 0.15) is 0 Å². The number of hydrogen-bond acceptors (Lipinski definition) is 4. The lowest BCUT2D eigenvalue weighted by Crippen LogP contribution is -2.41. The second-order valence-corrected chi connectivity index (χ2v) is 8.74. The van der Waals surface area contributed by atoms with Crippen LogP contribution in [0.1, 0.15) is 58.7 Å². The van der Waals surface area contributed by atoms with Gasteiger partial charge in [0.05, 0.1) is 22.9 Å². The van der Waals surface area contributed by atoms with Crippen LogP contribution >= 0.6 is 11.6 Å². The maximum Gasteiger partial charge on any atom is 0.495 e. The van der Waals surface area contributed by atoms with Gasteiger partial charge in [-0.1, -0.05) is 11.6 Å². The largest absolute Gasteiger partial charge is 0.495 e. The zero-order chi connectivity index (χ0) is 18.7. The van der Waals surface area contributed by atoms with Crippen LogP contribution in [0, 0.1) is 6.92 Å². The van der Waals surface area contributed by atoms with Gasteiger partial charge < -0.3 is 14.0 Å². The molecule has 0 saturated carbocycles. The van der Waals surface area contributed by atoms with E-state index in [1.165, 1.54) is 0 Å². The van der Waals surface area contributed by atoms with E-state index in [0.29, 0.717) is 5.02 Å². The summed E-state index contributed by atoms with van der Waals surface area (Å²) in [6, 6.07) is 1.98. The minimum atomic E-state index is -0.467. The second kappa shape index (κ2) is 6.23. The van der Waals surface area contributed by atoms with Crippen LogP contribution in [0.25, 0.3) is 10.9 Å². The molecule has 26 heavy (non-hydrogen) atoms. The Morgan fingerprint density at radius 2 is 1.88 bits per heavy atom. The Morgan fingerprint density at radius 3 is 2.50 bits per heavy atom. The topological polar surface area (TPSA) is 45.5 Å². The Bertz CT molecular complexity index is 827. The first-order chi connectivity index (χ1) is 12.2. The number of benzene rings is 1. The van der Waals surface area contributed by atoms with E-state index in [1.807, 2.05) is 23.9 Å². The van der Waals surface area contributed by atoms with Gasteiger partial charge >= 0.3 is 7.12 Å². The summed E-state index contributed by atoms with van der Waals surface area (Å²) in [5, 5.41) is 6.34. The molecular weight excluding hydrogens is 350 g/mol. The van der Waals surface area contributed by atoms with Crippen molar-refractivity contribution in [2.75, 3.05) is 6.61 Å². The smallest absolute Gasteiger partial charge is 0.399 e. The predicted molar refractivity (Wildman–Crippen MR) is 104 cm³/mol. The Morgan fingerprint density at radius 1 is 1.19 bits per heavy atom. The van der Waals surface area contributed by atoms with Crippen molar-refractivity contribution in [2.45, 2.75) is 71.3 Å². The van der Waals surface area contributed by atoms with Crippen molar-refractivity contribution in [3.8, 4) is 0 Å². The Kier molecular flexibility index (Phi) is 4.38. The lowest BCUT2D eigenvalue weighted by molar-refractivity contribution is -0.0366. The van der Waals surface area contributed by atoms with Crippen LogP contribution in [0.15, 0.2) is 12.3 Å². The fourth-order valence-electron chi connectivity index (χ4n) is 3.69. The number of rotatable bonds is 2. The van der Waals surface area contributed by atoms with Gasteiger partial charge in [0.25, 0.3) is 0 Å². The van der Waals surface area contributed by atoms with Gasteiger partial charge in [-0.25, -0.2) is 4.68 Å². The molecule has 140 valence electrons. The number of fused-ring (bicyclic) bond motifs is 1. The van der Waals surface area contributed by atoms with E-state index in [0.717, 1.165) is 47.8 Å². The number of nitrogens with zero attached hydrogens (tertiary/aromatic N) is 2. The average molecular weight is 377 g/mol. The highest BCUT2D eigenvalue weighted by Gasteiger charge is 2.52. The molecule has 7 heteroatoms. The van der Waals surface area contributed by atoms with Crippen molar-refractivity contribution in [1.29, 1.82) is 0 Å². The fraction of sp³-hybridized carbons (Fsp3) is 0.632. The molecule has 0 N–H and O–H groups in total.